The lowest BCUT2D eigenvalue weighted by molar-refractivity contribution is 0.505. The molecule has 5 rings (SSSR count). The smallest absolute Gasteiger partial charge is 0.125 e. The number of hydrogen-bond acceptors (Lipinski definition) is 3. The molecule has 3 aromatic heterocycles. The SMILES string of the molecule is Cc1cc(-c2cc(-c3cccc(F)c3)c3c4c(sc3n2)CCCC4)c(C)o1. The Labute approximate surface area is 161 Å². The zero-order valence-electron chi connectivity index (χ0n) is 15.4. The van der Waals surface area contributed by atoms with E-state index < -0.39 is 0 Å². The summed E-state index contributed by atoms with van der Waals surface area (Å²) in [5.74, 6) is 1.53. The third-order valence-corrected chi connectivity index (χ3v) is 6.56. The average Bonchev–Trinajstić information content (AvgIpc) is 3.20. The fourth-order valence-electron chi connectivity index (χ4n) is 4.17. The van der Waals surface area contributed by atoms with Gasteiger partial charge in [0.2, 0.25) is 0 Å². The highest BCUT2D eigenvalue weighted by atomic mass is 32.1. The number of halogens is 1. The number of hydrogen-bond donors (Lipinski definition) is 0. The summed E-state index contributed by atoms with van der Waals surface area (Å²) in [6.45, 7) is 3.92. The zero-order chi connectivity index (χ0) is 18.5. The van der Waals surface area contributed by atoms with E-state index in [1.165, 1.54) is 34.7 Å². The van der Waals surface area contributed by atoms with Gasteiger partial charge in [-0.15, -0.1) is 11.3 Å². The molecule has 0 aliphatic heterocycles. The van der Waals surface area contributed by atoms with Crippen molar-refractivity contribution in [3.63, 3.8) is 0 Å². The zero-order valence-corrected chi connectivity index (χ0v) is 16.3. The summed E-state index contributed by atoms with van der Waals surface area (Å²) in [6, 6.07) is 11.0. The van der Waals surface area contributed by atoms with Crippen molar-refractivity contribution in [3.05, 3.63) is 64.2 Å². The van der Waals surface area contributed by atoms with Gasteiger partial charge in [-0.2, -0.15) is 0 Å². The lowest BCUT2D eigenvalue weighted by atomic mass is 9.92. The van der Waals surface area contributed by atoms with E-state index in [2.05, 4.69) is 6.07 Å². The van der Waals surface area contributed by atoms with E-state index >= 15 is 0 Å². The minimum Gasteiger partial charge on any atom is -0.466 e. The topological polar surface area (TPSA) is 26.0 Å². The maximum atomic E-state index is 14.0. The Morgan fingerprint density at radius 1 is 1.04 bits per heavy atom. The number of aromatic nitrogens is 1. The van der Waals surface area contributed by atoms with E-state index in [0.717, 1.165) is 51.6 Å². The third-order valence-electron chi connectivity index (χ3n) is 5.38. The van der Waals surface area contributed by atoms with Crippen molar-refractivity contribution in [2.75, 3.05) is 0 Å². The van der Waals surface area contributed by atoms with Crippen LogP contribution in [0.25, 0.3) is 32.6 Å². The van der Waals surface area contributed by atoms with E-state index in [1.807, 2.05) is 26.0 Å². The summed E-state index contributed by atoms with van der Waals surface area (Å²) in [5, 5.41) is 1.21. The Bertz CT molecular complexity index is 1170. The van der Waals surface area contributed by atoms with Gasteiger partial charge in [0.15, 0.2) is 0 Å². The highest BCUT2D eigenvalue weighted by molar-refractivity contribution is 7.19. The number of pyridine rings is 1. The molecule has 2 nitrogen and oxygen atoms in total. The molecule has 0 atom stereocenters. The molecule has 0 unspecified atom stereocenters. The molecule has 136 valence electrons. The fourth-order valence-corrected chi connectivity index (χ4v) is 5.45. The number of benzene rings is 1. The van der Waals surface area contributed by atoms with Crippen LogP contribution < -0.4 is 0 Å². The van der Waals surface area contributed by atoms with Gasteiger partial charge < -0.3 is 4.42 Å². The molecule has 0 N–H and O–H groups in total. The number of furan rings is 1. The number of rotatable bonds is 2. The number of nitrogens with zero attached hydrogens (tertiary/aromatic N) is 1. The van der Waals surface area contributed by atoms with Gasteiger partial charge in [-0.3, -0.25) is 0 Å². The second-order valence-electron chi connectivity index (χ2n) is 7.28. The van der Waals surface area contributed by atoms with Gasteiger partial charge in [-0.1, -0.05) is 12.1 Å². The van der Waals surface area contributed by atoms with Crippen LogP contribution in [0.1, 0.15) is 34.8 Å². The molecule has 27 heavy (non-hydrogen) atoms. The molecule has 0 amide bonds. The van der Waals surface area contributed by atoms with Crippen molar-refractivity contribution in [2.24, 2.45) is 0 Å². The van der Waals surface area contributed by atoms with Crippen LogP contribution in [-0.4, -0.2) is 4.98 Å². The summed E-state index contributed by atoms with van der Waals surface area (Å²) in [4.78, 5) is 7.49. The number of fused-ring (bicyclic) bond motifs is 3. The monoisotopic (exact) mass is 377 g/mol. The molecule has 1 aliphatic carbocycles. The van der Waals surface area contributed by atoms with E-state index in [4.69, 9.17) is 9.40 Å². The summed E-state index contributed by atoms with van der Waals surface area (Å²) in [5.41, 5.74) is 5.31. The van der Waals surface area contributed by atoms with Gasteiger partial charge in [0.25, 0.3) is 0 Å². The first kappa shape index (κ1) is 16.7. The van der Waals surface area contributed by atoms with Crippen LogP contribution in [-0.2, 0) is 12.8 Å². The first-order valence-electron chi connectivity index (χ1n) is 9.39. The number of aryl methyl sites for hydroxylation is 4. The van der Waals surface area contributed by atoms with Crippen molar-refractivity contribution >= 4 is 21.6 Å². The van der Waals surface area contributed by atoms with Crippen molar-refractivity contribution in [2.45, 2.75) is 39.5 Å². The van der Waals surface area contributed by atoms with Gasteiger partial charge in [-0.25, -0.2) is 9.37 Å². The minimum atomic E-state index is -0.210. The van der Waals surface area contributed by atoms with Gasteiger partial charge in [0.1, 0.15) is 22.2 Å². The summed E-state index contributed by atoms with van der Waals surface area (Å²) in [6.07, 6.45) is 4.66. The molecule has 0 radical (unpaired) electrons. The maximum absolute atomic E-state index is 14.0. The average molecular weight is 377 g/mol. The van der Waals surface area contributed by atoms with Crippen LogP contribution in [0.3, 0.4) is 0 Å². The third kappa shape index (κ3) is 2.79. The normalized spacial score (nSPS) is 13.9. The maximum Gasteiger partial charge on any atom is 0.125 e. The first-order chi connectivity index (χ1) is 13.1. The Balaban J connectivity index is 1.84. The van der Waals surface area contributed by atoms with Gasteiger partial charge in [-0.05, 0) is 80.5 Å². The second kappa shape index (κ2) is 6.31. The Morgan fingerprint density at radius 2 is 1.89 bits per heavy atom. The molecule has 4 aromatic rings. The first-order valence-corrected chi connectivity index (χ1v) is 10.2. The van der Waals surface area contributed by atoms with Gasteiger partial charge in [0.05, 0.1) is 5.69 Å². The predicted molar refractivity (Wildman–Crippen MR) is 109 cm³/mol. The second-order valence-corrected chi connectivity index (χ2v) is 8.37. The van der Waals surface area contributed by atoms with Crippen LogP contribution >= 0.6 is 11.3 Å². The predicted octanol–water partition coefficient (Wildman–Crippen LogP) is 6.86. The Kier molecular flexibility index (Phi) is 3.90. The van der Waals surface area contributed by atoms with Gasteiger partial charge >= 0.3 is 0 Å². The Hall–Kier alpha value is -2.46. The molecular weight excluding hydrogens is 357 g/mol. The van der Waals surface area contributed by atoms with Crippen LogP contribution in [0.15, 0.2) is 40.8 Å². The molecular formula is C23H20FNOS. The molecule has 0 bridgehead atoms. The standard InChI is InChI=1S/C23H20FNOS/c1-13-10-18(14(2)26-13)20-12-19(15-6-5-7-16(24)11-15)22-17-8-3-4-9-21(17)27-23(22)25-20/h5-7,10-12H,3-4,8-9H2,1-2H3. The molecule has 3 heterocycles. The van der Waals surface area contributed by atoms with E-state index in [9.17, 15) is 4.39 Å². The highest BCUT2D eigenvalue weighted by Crippen LogP contribution is 2.43. The fraction of sp³-hybridized carbons (Fsp3) is 0.261. The molecule has 0 spiro atoms. The molecule has 4 heteroatoms. The molecule has 1 aromatic carbocycles. The summed E-state index contributed by atoms with van der Waals surface area (Å²) < 4.78 is 19.7. The lowest BCUT2D eigenvalue weighted by Crippen LogP contribution is -1.99. The summed E-state index contributed by atoms with van der Waals surface area (Å²) >= 11 is 1.80. The van der Waals surface area contributed by atoms with Crippen molar-refractivity contribution < 1.29 is 8.81 Å². The van der Waals surface area contributed by atoms with Crippen LogP contribution in [0.4, 0.5) is 4.39 Å². The summed E-state index contributed by atoms with van der Waals surface area (Å²) in [7, 11) is 0. The van der Waals surface area contributed by atoms with E-state index in [-0.39, 0.29) is 5.82 Å². The van der Waals surface area contributed by atoms with E-state index in [0.29, 0.717) is 0 Å². The lowest BCUT2D eigenvalue weighted by Gasteiger charge is -2.13. The molecule has 1 aliphatic rings. The molecule has 0 saturated heterocycles. The molecule has 0 saturated carbocycles. The Morgan fingerprint density at radius 3 is 2.67 bits per heavy atom. The number of thiophene rings is 1. The van der Waals surface area contributed by atoms with Crippen LogP contribution in [0.2, 0.25) is 0 Å². The van der Waals surface area contributed by atoms with Crippen molar-refractivity contribution in [1.29, 1.82) is 0 Å². The van der Waals surface area contributed by atoms with E-state index in [1.54, 1.807) is 23.5 Å². The van der Waals surface area contributed by atoms with Crippen molar-refractivity contribution in [1.82, 2.24) is 4.98 Å². The quantitative estimate of drug-likeness (QED) is 0.381. The highest BCUT2D eigenvalue weighted by Gasteiger charge is 2.22. The van der Waals surface area contributed by atoms with Crippen LogP contribution in [0, 0.1) is 19.7 Å². The molecule has 0 fully saturated rings. The van der Waals surface area contributed by atoms with Crippen molar-refractivity contribution in [3.8, 4) is 22.4 Å². The minimum absolute atomic E-state index is 0.210. The van der Waals surface area contributed by atoms with Crippen LogP contribution in [0.5, 0.6) is 0 Å². The largest absolute Gasteiger partial charge is 0.466 e. The van der Waals surface area contributed by atoms with Gasteiger partial charge in [0, 0.05) is 15.8 Å².